The molecule has 0 aromatic carbocycles. The van der Waals surface area contributed by atoms with Gasteiger partial charge in [-0.25, -0.2) is 4.79 Å². The van der Waals surface area contributed by atoms with Gasteiger partial charge in [0.05, 0.1) is 6.10 Å². The molecule has 15 heavy (non-hydrogen) atoms. The standard InChI is InChI=1S/C10H16O5/c1-4-6-5(2)7-8(9(12-3)13-6)15-10(11)14-7/h5-9H,4H2,1-3H3/t5-,6-,7+,8+,9+/m1/s1. The van der Waals surface area contributed by atoms with E-state index in [0.29, 0.717) is 0 Å². The quantitative estimate of drug-likeness (QED) is 0.651. The highest BCUT2D eigenvalue weighted by atomic mass is 16.8. The van der Waals surface area contributed by atoms with Crippen LogP contribution < -0.4 is 0 Å². The SMILES string of the molecule is CC[C@H]1O[C@H](OC)[C@H]2OC(=O)O[C@H]2[C@@H]1C. The summed E-state index contributed by atoms with van der Waals surface area (Å²) in [5.74, 6) is 0.137. The Hall–Kier alpha value is -0.810. The predicted octanol–water partition coefficient (Wildman–Crippen LogP) is 1.31. The van der Waals surface area contributed by atoms with Gasteiger partial charge in [0.15, 0.2) is 18.5 Å². The molecule has 5 heteroatoms. The third-order valence-corrected chi connectivity index (χ3v) is 3.10. The summed E-state index contributed by atoms with van der Waals surface area (Å²) in [7, 11) is 1.54. The second-order valence-corrected chi connectivity index (χ2v) is 3.96. The first kappa shape index (κ1) is 10.7. The smallest absolute Gasteiger partial charge is 0.426 e. The molecule has 86 valence electrons. The molecule has 2 rings (SSSR count). The molecule has 0 bridgehead atoms. The topological polar surface area (TPSA) is 54.0 Å². The fourth-order valence-electron chi connectivity index (χ4n) is 2.24. The van der Waals surface area contributed by atoms with E-state index >= 15 is 0 Å². The zero-order chi connectivity index (χ0) is 11.0. The number of carbonyl (C=O) groups is 1. The number of rotatable bonds is 2. The first-order chi connectivity index (χ1) is 7.17. The molecule has 0 saturated carbocycles. The van der Waals surface area contributed by atoms with Gasteiger partial charge in [-0.05, 0) is 6.42 Å². The van der Waals surface area contributed by atoms with Gasteiger partial charge in [0.1, 0.15) is 0 Å². The van der Waals surface area contributed by atoms with Gasteiger partial charge < -0.3 is 18.9 Å². The molecule has 0 unspecified atom stereocenters. The number of carbonyl (C=O) groups excluding carboxylic acids is 1. The van der Waals surface area contributed by atoms with Crippen LogP contribution in [-0.4, -0.2) is 37.9 Å². The van der Waals surface area contributed by atoms with Crippen molar-refractivity contribution in [1.29, 1.82) is 0 Å². The van der Waals surface area contributed by atoms with E-state index in [2.05, 4.69) is 0 Å². The van der Waals surface area contributed by atoms with Crippen LogP contribution in [0.15, 0.2) is 0 Å². The minimum Gasteiger partial charge on any atom is -0.426 e. The van der Waals surface area contributed by atoms with Crippen molar-refractivity contribution in [3.05, 3.63) is 0 Å². The maximum Gasteiger partial charge on any atom is 0.509 e. The maximum absolute atomic E-state index is 11.1. The Bertz CT molecular complexity index is 254. The number of hydrogen-bond acceptors (Lipinski definition) is 5. The second kappa shape index (κ2) is 3.98. The molecule has 2 saturated heterocycles. The normalized spacial score (nSPS) is 44.5. The number of ether oxygens (including phenoxy) is 4. The summed E-state index contributed by atoms with van der Waals surface area (Å²) in [4.78, 5) is 11.1. The first-order valence-electron chi connectivity index (χ1n) is 5.23. The van der Waals surface area contributed by atoms with E-state index in [1.54, 1.807) is 0 Å². The van der Waals surface area contributed by atoms with E-state index in [4.69, 9.17) is 18.9 Å². The molecule has 2 heterocycles. The van der Waals surface area contributed by atoms with Crippen molar-refractivity contribution < 1.29 is 23.7 Å². The zero-order valence-corrected chi connectivity index (χ0v) is 9.14. The van der Waals surface area contributed by atoms with Crippen molar-refractivity contribution in [3.8, 4) is 0 Å². The number of fused-ring (bicyclic) bond motifs is 1. The second-order valence-electron chi connectivity index (χ2n) is 3.96. The summed E-state index contributed by atoms with van der Waals surface area (Å²) >= 11 is 0. The minimum atomic E-state index is -0.626. The fourth-order valence-corrected chi connectivity index (χ4v) is 2.24. The van der Waals surface area contributed by atoms with Crippen molar-refractivity contribution >= 4 is 6.16 Å². The van der Waals surface area contributed by atoms with Crippen LogP contribution in [0.5, 0.6) is 0 Å². The summed E-state index contributed by atoms with van der Waals surface area (Å²) in [5.41, 5.74) is 0. The molecule has 5 nitrogen and oxygen atoms in total. The monoisotopic (exact) mass is 216 g/mol. The van der Waals surface area contributed by atoms with E-state index in [1.807, 2.05) is 13.8 Å². The van der Waals surface area contributed by atoms with Gasteiger partial charge in [0, 0.05) is 13.0 Å². The Kier molecular flexibility index (Phi) is 2.84. The fraction of sp³-hybridized carbons (Fsp3) is 0.900. The van der Waals surface area contributed by atoms with Gasteiger partial charge >= 0.3 is 6.16 Å². The summed E-state index contributed by atoms with van der Waals surface area (Å²) in [5, 5.41) is 0. The lowest BCUT2D eigenvalue weighted by molar-refractivity contribution is -0.250. The summed E-state index contributed by atoms with van der Waals surface area (Å²) in [6.45, 7) is 4.03. The van der Waals surface area contributed by atoms with Crippen molar-refractivity contribution in [1.82, 2.24) is 0 Å². The largest absolute Gasteiger partial charge is 0.509 e. The Morgan fingerprint density at radius 2 is 2.00 bits per heavy atom. The molecular weight excluding hydrogens is 200 g/mol. The Balaban J connectivity index is 2.16. The highest BCUT2D eigenvalue weighted by molar-refractivity contribution is 5.62. The van der Waals surface area contributed by atoms with Crippen LogP contribution in [0.3, 0.4) is 0 Å². The lowest BCUT2D eigenvalue weighted by atomic mass is 9.89. The Labute approximate surface area is 88.6 Å². The van der Waals surface area contributed by atoms with E-state index in [-0.39, 0.29) is 18.1 Å². The zero-order valence-electron chi connectivity index (χ0n) is 9.14. The molecule has 0 aromatic rings. The number of methoxy groups -OCH3 is 1. The minimum absolute atomic E-state index is 0.0469. The van der Waals surface area contributed by atoms with Crippen LogP contribution in [0.2, 0.25) is 0 Å². The van der Waals surface area contributed by atoms with Gasteiger partial charge in [-0.1, -0.05) is 13.8 Å². The van der Waals surface area contributed by atoms with Crippen LogP contribution in [0, 0.1) is 5.92 Å². The van der Waals surface area contributed by atoms with Crippen LogP contribution in [0.4, 0.5) is 4.79 Å². The highest BCUT2D eigenvalue weighted by Gasteiger charge is 2.52. The molecule has 2 fully saturated rings. The molecule has 2 aliphatic rings. The Morgan fingerprint density at radius 3 is 2.60 bits per heavy atom. The number of hydrogen-bond donors (Lipinski definition) is 0. The third-order valence-electron chi connectivity index (χ3n) is 3.10. The van der Waals surface area contributed by atoms with Crippen LogP contribution in [0.1, 0.15) is 20.3 Å². The summed E-state index contributed by atoms with van der Waals surface area (Å²) in [6, 6.07) is 0. The summed E-state index contributed by atoms with van der Waals surface area (Å²) < 4.78 is 21.0. The van der Waals surface area contributed by atoms with Gasteiger partial charge in [0.25, 0.3) is 0 Å². The molecule has 2 aliphatic heterocycles. The third kappa shape index (κ3) is 1.70. The molecule has 0 N–H and O–H groups in total. The predicted molar refractivity (Wildman–Crippen MR) is 50.3 cm³/mol. The Morgan fingerprint density at radius 1 is 1.33 bits per heavy atom. The van der Waals surface area contributed by atoms with Crippen molar-refractivity contribution in [2.45, 2.75) is 44.9 Å². The van der Waals surface area contributed by atoms with Crippen LogP contribution >= 0.6 is 0 Å². The molecule has 5 atom stereocenters. The van der Waals surface area contributed by atoms with E-state index in [0.717, 1.165) is 6.42 Å². The summed E-state index contributed by atoms with van der Waals surface area (Å²) in [6.07, 6.45) is -0.907. The average molecular weight is 216 g/mol. The lowest BCUT2D eigenvalue weighted by Gasteiger charge is -2.38. The highest BCUT2D eigenvalue weighted by Crippen LogP contribution is 2.35. The van der Waals surface area contributed by atoms with Crippen molar-refractivity contribution in [2.24, 2.45) is 5.92 Å². The van der Waals surface area contributed by atoms with Gasteiger partial charge in [-0.15, -0.1) is 0 Å². The molecule has 0 aromatic heterocycles. The maximum atomic E-state index is 11.1. The van der Waals surface area contributed by atoms with Gasteiger partial charge in [-0.3, -0.25) is 0 Å². The van der Waals surface area contributed by atoms with Gasteiger partial charge in [0.2, 0.25) is 0 Å². The van der Waals surface area contributed by atoms with Crippen molar-refractivity contribution in [2.75, 3.05) is 7.11 Å². The van der Waals surface area contributed by atoms with Crippen LogP contribution in [0.25, 0.3) is 0 Å². The van der Waals surface area contributed by atoms with Crippen molar-refractivity contribution in [3.63, 3.8) is 0 Å². The van der Waals surface area contributed by atoms with Crippen LogP contribution in [-0.2, 0) is 18.9 Å². The lowest BCUT2D eigenvalue weighted by Crippen LogP contribution is -2.52. The van der Waals surface area contributed by atoms with E-state index in [9.17, 15) is 4.79 Å². The molecule has 0 amide bonds. The van der Waals surface area contributed by atoms with Gasteiger partial charge in [-0.2, -0.15) is 0 Å². The molecular formula is C10H16O5. The molecule has 0 radical (unpaired) electrons. The molecule has 0 aliphatic carbocycles. The van der Waals surface area contributed by atoms with E-state index in [1.165, 1.54) is 7.11 Å². The average Bonchev–Trinajstić information content (AvgIpc) is 2.61. The van der Waals surface area contributed by atoms with E-state index < -0.39 is 18.5 Å². The molecule has 0 spiro atoms. The first-order valence-corrected chi connectivity index (χ1v) is 5.23.